The second-order valence-corrected chi connectivity index (χ2v) is 3.81. The van der Waals surface area contributed by atoms with Crippen LogP contribution in [-0.4, -0.2) is 18.8 Å². The van der Waals surface area contributed by atoms with Crippen LogP contribution in [0.4, 0.5) is 0 Å². The van der Waals surface area contributed by atoms with E-state index in [0.29, 0.717) is 18.6 Å². The number of rotatable bonds is 6. The van der Waals surface area contributed by atoms with Crippen LogP contribution in [0.5, 0.6) is 0 Å². The minimum atomic E-state index is 0.201. The first-order valence-corrected chi connectivity index (χ1v) is 4.95. The molecular weight excluding hydrogens is 150 g/mol. The number of nitrogens with two attached hydrogens (primary N) is 1. The Bertz CT molecular complexity index is 104. The fourth-order valence-corrected chi connectivity index (χ4v) is 1.14. The third kappa shape index (κ3) is 5.56. The van der Waals surface area contributed by atoms with Gasteiger partial charge in [-0.2, -0.15) is 0 Å². The first-order valence-electron chi connectivity index (χ1n) is 4.95. The number of ether oxygens (including phenoxy) is 1. The summed E-state index contributed by atoms with van der Waals surface area (Å²) in [5, 5.41) is 0. The molecule has 0 saturated heterocycles. The maximum Gasteiger partial charge on any atom is 0.0623 e. The molecule has 2 atom stereocenters. The molecule has 0 bridgehead atoms. The van der Waals surface area contributed by atoms with Gasteiger partial charge in [0.05, 0.1) is 12.7 Å². The summed E-state index contributed by atoms with van der Waals surface area (Å²) in [5.74, 6) is 0.578. The fraction of sp³-hybridized carbons (Fsp3) is 1.00. The minimum absolute atomic E-state index is 0.201. The fourth-order valence-electron chi connectivity index (χ4n) is 1.14. The van der Waals surface area contributed by atoms with Crippen LogP contribution in [0.2, 0.25) is 0 Å². The average Bonchev–Trinajstić information content (AvgIpc) is 2.00. The van der Waals surface area contributed by atoms with Crippen LogP contribution >= 0.6 is 0 Å². The van der Waals surface area contributed by atoms with Crippen LogP contribution in [0.1, 0.15) is 40.5 Å². The lowest BCUT2D eigenvalue weighted by atomic mass is 9.98. The molecule has 0 aliphatic rings. The number of hydrogen-bond acceptors (Lipinski definition) is 2. The Hall–Kier alpha value is -0.0800. The van der Waals surface area contributed by atoms with Gasteiger partial charge in [-0.3, -0.25) is 0 Å². The van der Waals surface area contributed by atoms with Crippen LogP contribution in [0.15, 0.2) is 0 Å². The Balaban J connectivity index is 3.49. The van der Waals surface area contributed by atoms with Crippen molar-refractivity contribution < 1.29 is 4.74 Å². The van der Waals surface area contributed by atoms with Gasteiger partial charge in [0.1, 0.15) is 0 Å². The summed E-state index contributed by atoms with van der Waals surface area (Å²) < 4.78 is 5.45. The lowest BCUT2D eigenvalue weighted by molar-refractivity contribution is 0.0579. The maximum absolute atomic E-state index is 5.93. The van der Waals surface area contributed by atoms with Crippen LogP contribution in [0.3, 0.4) is 0 Å². The first kappa shape index (κ1) is 11.9. The highest BCUT2D eigenvalue weighted by molar-refractivity contribution is 4.68. The minimum Gasteiger partial charge on any atom is -0.377 e. The molecule has 0 aromatic carbocycles. The van der Waals surface area contributed by atoms with E-state index in [-0.39, 0.29) is 6.04 Å². The lowest BCUT2D eigenvalue weighted by Crippen LogP contribution is -2.34. The van der Waals surface area contributed by atoms with Gasteiger partial charge in [0.2, 0.25) is 0 Å². The molecule has 74 valence electrons. The zero-order chi connectivity index (χ0) is 9.56. The monoisotopic (exact) mass is 173 g/mol. The summed E-state index contributed by atoms with van der Waals surface area (Å²) in [6.45, 7) is 9.15. The van der Waals surface area contributed by atoms with E-state index >= 15 is 0 Å². The topological polar surface area (TPSA) is 35.2 Å². The predicted octanol–water partition coefficient (Wildman–Crippen LogP) is 2.17. The zero-order valence-corrected chi connectivity index (χ0v) is 8.84. The van der Waals surface area contributed by atoms with Crippen LogP contribution in [0.25, 0.3) is 0 Å². The molecule has 0 aliphatic carbocycles. The van der Waals surface area contributed by atoms with E-state index in [2.05, 4.69) is 13.8 Å². The molecule has 2 nitrogen and oxygen atoms in total. The van der Waals surface area contributed by atoms with Crippen molar-refractivity contribution in [3.05, 3.63) is 0 Å². The van der Waals surface area contributed by atoms with Crippen molar-refractivity contribution in [3.63, 3.8) is 0 Å². The Kier molecular flexibility index (Phi) is 6.39. The Labute approximate surface area is 76.5 Å². The van der Waals surface area contributed by atoms with Gasteiger partial charge in [-0.05, 0) is 26.2 Å². The van der Waals surface area contributed by atoms with Gasteiger partial charge >= 0.3 is 0 Å². The Morgan fingerprint density at radius 2 is 1.83 bits per heavy atom. The van der Waals surface area contributed by atoms with Crippen molar-refractivity contribution in [1.29, 1.82) is 0 Å². The molecular formula is C10H23NO. The molecule has 0 spiro atoms. The van der Waals surface area contributed by atoms with Crippen molar-refractivity contribution in [3.8, 4) is 0 Å². The summed E-state index contributed by atoms with van der Waals surface area (Å²) in [6, 6.07) is 0.201. The molecule has 2 heteroatoms. The second-order valence-electron chi connectivity index (χ2n) is 3.81. The van der Waals surface area contributed by atoms with E-state index in [1.807, 2.05) is 13.8 Å². The molecule has 0 aromatic rings. The van der Waals surface area contributed by atoms with Crippen molar-refractivity contribution >= 4 is 0 Å². The Morgan fingerprint density at radius 1 is 1.25 bits per heavy atom. The van der Waals surface area contributed by atoms with Gasteiger partial charge < -0.3 is 10.5 Å². The quantitative estimate of drug-likeness (QED) is 0.668. The van der Waals surface area contributed by atoms with Gasteiger partial charge in [0.25, 0.3) is 0 Å². The third-order valence-electron chi connectivity index (χ3n) is 2.10. The molecule has 2 N–H and O–H groups in total. The normalized spacial score (nSPS) is 16.5. The SMILES string of the molecule is CCCC(C)C(N)COC(C)C. The molecule has 0 saturated carbocycles. The van der Waals surface area contributed by atoms with Crippen molar-refractivity contribution in [2.75, 3.05) is 6.61 Å². The van der Waals surface area contributed by atoms with E-state index in [1.54, 1.807) is 0 Å². The van der Waals surface area contributed by atoms with Gasteiger partial charge in [-0.25, -0.2) is 0 Å². The van der Waals surface area contributed by atoms with Gasteiger partial charge in [0, 0.05) is 6.04 Å². The maximum atomic E-state index is 5.93. The summed E-state index contributed by atoms with van der Waals surface area (Å²) >= 11 is 0. The molecule has 2 unspecified atom stereocenters. The van der Waals surface area contributed by atoms with Crippen molar-refractivity contribution in [2.24, 2.45) is 11.7 Å². The summed E-state index contributed by atoms with van der Waals surface area (Å²) in [4.78, 5) is 0. The van der Waals surface area contributed by atoms with E-state index < -0.39 is 0 Å². The van der Waals surface area contributed by atoms with Crippen LogP contribution in [-0.2, 0) is 4.74 Å². The highest BCUT2D eigenvalue weighted by Crippen LogP contribution is 2.09. The van der Waals surface area contributed by atoms with Gasteiger partial charge in [-0.15, -0.1) is 0 Å². The van der Waals surface area contributed by atoms with Crippen LogP contribution in [0, 0.1) is 5.92 Å². The Morgan fingerprint density at radius 3 is 2.25 bits per heavy atom. The molecule has 0 radical (unpaired) electrons. The highest BCUT2D eigenvalue weighted by atomic mass is 16.5. The van der Waals surface area contributed by atoms with Crippen molar-refractivity contribution in [1.82, 2.24) is 0 Å². The average molecular weight is 173 g/mol. The van der Waals surface area contributed by atoms with Gasteiger partial charge in [-0.1, -0.05) is 20.3 Å². The summed E-state index contributed by atoms with van der Waals surface area (Å²) in [6.07, 6.45) is 2.70. The first-order chi connectivity index (χ1) is 5.57. The molecule has 0 aromatic heterocycles. The molecule has 0 amide bonds. The van der Waals surface area contributed by atoms with Crippen LogP contribution < -0.4 is 5.73 Å². The molecule has 0 fully saturated rings. The molecule has 0 aliphatic heterocycles. The van der Waals surface area contributed by atoms with E-state index in [0.717, 1.165) is 0 Å². The summed E-state index contributed by atoms with van der Waals surface area (Å²) in [5.41, 5.74) is 5.93. The summed E-state index contributed by atoms with van der Waals surface area (Å²) in [7, 11) is 0. The van der Waals surface area contributed by atoms with E-state index in [4.69, 9.17) is 10.5 Å². The molecule has 0 rings (SSSR count). The zero-order valence-electron chi connectivity index (χ0n) is 8.84. The smallest absolute Gasteiger partial charge is 0.0623 e. The van der Waals surface area contributed by atoms with Crippen molar-refractivity contribution in [2.45, 2.75) is 52.7 Å². The highest BCUT2D eigenvalue weighted by Gasteiger charge is 2.11. The third-order valence-corrected chi connectivity index (χ3v) is 2.10. The van der Waals surface area contributed by atoms with Gasteiger partial charge in [0.15, 0.2) is 0 Å². The molecule has 0 heterocycles. The standard InChI is InChI=1S/C10H23NO/c1-5-6-9(4)10(11)7-12-8(2)3/h8-10H,5-7,11H2,1-4H3. The second kappa shape index (κ2) is 6.44. The molecule has 12 heavy (non-hydrogen) atoms. The van der Waals surface area contributed by atoms with E-state index in [9.17, 15) is 0 Å². The predicted molar refractivity (Wildman–Crippen MR) is 53.1 cm³/mol. The number of hydrogen-bond donors (Lipinski definition) is 1. The lowest BCUT2D eigenvalue weighted by Gasteiger charge is -2.20. The van der Waals surface area contributed by atoms with E-state index in [1.165, 1.54) is 12.8 Å². The largest absolute Gasteiger partial charge is 0.377 e.